The van der Waals surface area contributed by atoms with Crippen molar-refractivity contribution in [2.24, 2.45) is 17.2 Å². The molecule has 0 aromatic rings. The van der Waals surface area contributed by atoms with Crippen LogP contribution in [0.15, 0.2) is 0 Å². The lowest BCUT2D eigenvalue weighted by atomic mass is 9.99. The molecular weight excluding hydrogens is 1130 g/mol. The van der Waals surface area contributed by atoms with Crippen molar-refractivity contribution in [3.8, 4) is 0 Å². The molecule has 0 radical (unpaired) electrons. The Balaban J connectivity index is 7.53. The number of aliphatic carboxylic acids is 2. The number of methoxy groups -OCH3 is 1. The van der Waals surface area contributed by atoms with Gasteiger partial charge in [0.05, 0.1) is 55.9 Å². The average molecular weight is 1200 g/mol. The highest BCUT2D eigenvalue weighted by Crippen LogP contribution is 2.06. The van der Waals surface area contributed by atoms with Crippen LogP contribution in [-0.2, 0) is 95.8 Å². The van der Waals surface area contributed by atoms with Gasteiger partial charge in [0.15, 0.2) is 66.3 Å². The van der Waals surface area contributed by atoms with Gasteiger partial charge in [0.2, 0.25) is 5.91 Å². The quantitative estimate of drug-likeness (QED) is 0.0117. The van der Waals surface area contributed by atoms with Gasteiger partial charge in [-0.2, -0.15) is 0 Å². The van der Waals surface area contributed by atoms with Crippen molar-refractivity contribution in [3.63, 3.8) is 0 Å². The highest BCUT2D eigenvalue weighted by Gasteiger charge is 2.41. The molecule has 8 amide bonds. The molecular formula is C46H72N16O22. The molecule has 38 heteroatoms. The average Bonchev–Trinajstić information content (AvgIpc) is 3.64. The molecule has 0 aliphatic carbocycles. The maximum absolute atomic E-state index is 14.2. The van der Waals surface area contributed by atoms with E-state index < -0.39 is 206 Å². The number of hydrogen-bond acceptors (Lipinski definition) is 28. The fourth-order valence-corrected chi connectivity index (χ4v) is 6.52. The molecule has 21 N–H and O–H groups in total. The number of nitrogens with one attached hydrogen (secondary N) is 13. The second kappa shape index (κ2) is 38.1. The van der Waals surface area contributed by atoms with Crippen LogP contribution in [0.4, 0.5) is 0 Å². The highest BCUT2D eigenvalue weighted by atomic mass is 16.5. The number of rotatable bonds is 43. The molecule has 0 spiro atoms. The fourth-order valence-electron chi connectivity index (χ4n) is 6.52. The molecule has 0 saturated carbocycles. The Morgan fingerprint density at radius 1 is 0.417 bits per heavy atom. The molecule has 38 nitrogen and oxygen atoms in total. The van der Waals surface area contributed by atoms with Gasteiger partial charge in [-0.05, 0) is 47.5 Å². The third kappa shape index (κ3) is 26.9. The van der Waals surface area contributed by atoms with Gasteiger partial charge in [-0.3, -0.25) is 88.9 Å². The van der Waals surface area contributed by atoms with E-state index in [0.29, 0.717) is 6.29 Å². The number of carboxylic acid groups (broad SMARTS) is 2. The third-order valence-corrected chi connectivity index (χ3v) is 11.0. The Bertz CT molecular complexity index is 2450. The lowest BCUT2D eigenvalue weighted by molar-refractivity contribution is -0.148. The minimum absolute atomic E-state index is 0.188. The lowest BCUT2D eigenvalue weighted by Crippen LogP contribution is -2.69. The first kappa shape index (κ1) is 75.2. The molecule has 0 unspecified atom stereocenters. The number of ether oxygens (including phenoxy) is 1. The van der Waals surface area contributed by atoms with Crippen molar-refractivity contribution in [1.82, 2.24) is 69.1 Å². The maximum atomic E-state index is 14.2. The van der Waals surface area contributed by atoms with E-state index in [1.807, 2.05) is 26.6 Å². The van der Waals surface area contributed by atoms with E-state index in [1.54, 1.807) is 0 Å². The Morgan fingerprint density at radius 2 is 0.679 bits per heavy atom. The zero-order valence-corrected chi connectivity index (χ0v) is 46.4. The third-order valence-electron chi connectivity index (χ3n) is 11.0. The van der Waals surface area contributed by atoms with Gasteiger partial charge in [-0.1, -0.05) is 0 Å². The van der Waals surface area contributed by atoms with Crippen LogP contribution in [0.3, 0.4) is 0 Å². The van der Waals surface area contributed by atoms with Gasteiger partial charge in [-0.15, -0.1) is 0 Å². The summed E-state index contributed by atoms with van der Waals surface area (Å²) < 4.78 is 4.61. The molecule has 0 bridgehead atoms. The van der Waals surface area contributed by atoms with Crippen LogP contribution >= 0.6 is 0 Å². The fraction of sp³-hybridized carbons (Fsp3) is 0.587. The summed E-state index contributed by atoms with van der Waals surface area (Å²) in [5.74, 6) is -19.9. The first-order valence-corrected chi connectivity index (χ1v) is 25.1. The molecule has 0 aromatic heterocycles. The predicted molar refractivity (Wildman–Crippen MR) is 280 cm³/mol. The zero-order valence-electron chi connectivity index (χ0n) is 46.4. The van der Waals surface area contributed by atoms with Crippen LogP contribution in [-0.4, -0.2) is 229 Å². The van der Waals surface area contributed by atoms with Crippen LogP contribution < -0.4 is 86.3 Å². The lowest BCUT2D eigenvalue weighted by Gasteiger charge is -2.30. The van der Waals surface area contributed by atoms with E-state index in [1.165, 1.54) is 6.92 Å². The van der Waals surface area contributed by atoms with Crippen molar-refractivity contribution in [3.05, 3.63) is 0 Å². The minimum Gasteiger partial charge on any atom is -0.481 e. The first-order valence-electron chi connectivity index (χ1n) is 25.1. The first-order chi connectivity index (χ1) is 39.2. The monoisotopic (exact) mass is 1200 g/mol. The van der Waals surface area contributed by atoms with Gasteiger partial charge in [0.25, 0.3) is 41.4 Å². The van der Waals surface area contributed by atoms with Crippen molar-refractivity contribution in [2.45, 2.75) is 158 Å². The van der Waals surface area contributed by atoms with E-state index in [-0.39, 0.29) is 25.1 Å². The van der Waals surface area contributed by atoms with Gasteiger partial charge in [0.1, 0.15) is 31.4 Å². The van der Waals surface area contributed by atoms with Gasteiger partial charge >= 0.3 is 17.9 Å². The molecule has 0 aromatic carbocycles. The Morgan fingerprint density at radius 3 is 0.952 bits per heavy atom. The summed E-state index contributed by atoms with van der Waals surface area (Å²) in [6, 6.07) is -17.5. The summed E-state index contributed by atoms with van der Waals surface area (Å²) >= 11 is 0. The van der Waals surface area contributed by atoms with Crippen LogP contribution in [0.2, 0.25) is 0 Å². The smallest absolute Gasteiger partial charge is 0.343 e. The molecule has 0 aliphatic rings. The number of aldehydes is 5. The summed E-state index contributed by atoms with van der Waals surface area (Å²) in [6.07, 6.45) is -12.6. The highest BCUT2D eigenvalue weighted by molar-refractivity contribution is 6.15. The molecule has 0 heterocycles. The Hall–Kier alpha value is -8.79. The normalized spacial score (nSPS) is 16.3. The van der Waals surface area contributed by atoms with Crippen molar-refractivity contribution in [2.75, 3.05) is 13.7 Å². The van der Waals surface area contributed by atoms with Crippen LogP contribution in [0.5, 0.6) is 0 Å². The predicted octanol–water partition coefficient (Wildman–Crippen LogP) is -12.2. The Labute approximate surface area is 477 Å². The standard InChI is InChI=1S/C46H72N16O22/c1-18(13-63)50-34(42(79)57-31(33(75)25(49)9-11-28(72)73)41(78)62-38(46(83)84-7)54-22(5)17-67)59-44(81)36(52-20(3)15-65)61-45(82)37(53-21(4)16-66)60-43(80)35(51-19(2)14-64)58-40(77)30(32(74)24(48)8-10-27(70)71)56-39(76)29(26(69)12-47)55-23(6)68/h13-22,24-25,29-31,34-38,50-54H,8-12,47-49H2,1-7H3,(H,55,68)(H,56,76)(H,57,79)(H,58,77)(H,59,81)(H,60,80)(H,61,82)(H,62,78)(H,70,71)(H,72,73)/t18-,19-,20-,21-,22-,24-,25-,29-,30+,31+,34-,35+,36-,37+,38-/m0/s1. The molecule has 84 heavy (non-hydrogen) atoms. The molecule has 468 valence electrons. The van der Waals surface area contributed by atoms with Gasteiger partial charge in [-0.25, -0.2) is 4.79 Å². The number of carboxylic acids is 2. The van der Waals surface area contributed by atoms with Crippen LogP contribution in [0.25, 0.3) is 0 Å². The van der Waals surface area contributed by atoms with Gasteiger partial charge < -0.3 is 98.7 Å². The number of amides is 8. The SMILES string of the molecule is COC(=O)[C@H](NC(=O)[C@H](NC(=O)[C@H](NC(=O)[C@H](NC(=O)[C@@H](NC(=O)[C@@H](NC(=O)[C@H](NC(=O)[C@@H](NC(C)=O)C(=O)CN)C(=O)[C@@H](N)CCC(=O)O)N[C@@H](C)C=O)N[C@@H](C)C=O)N[C@@H](C)C=O)N[C@@H](C)C=O)C(=O)[C@@H](N)CCC(=O)O)N[C@@H](C)C=O. The second-order valence-corrected chi connectivity index (χ2v) is 18.3. The number of ketones is 3. The Kier molecular flexibility index (Phi) is 34.1. The summed E-state index contributed by atoms with van der Waals surface area (Å²) in [4.78, 5) is 243. The minimum atomic E-state index is -2.52. The number of nitrogens with two attached hydrogens (primary N) is 3. The topological polar surface area (TPSA) is 608 Å². The molecule has 15 atom stereocenters. The number of Topliss-reactive ketones (excluding diaryl/α,β-unsaturated/α-hetero) is 3. The van der Waals surface area contributed by atoms with E-state index >= 15 is 0 Å². The van der Waals surface area contributed by atoms with Gasteiger partial charge in [0, 0.05) is 19.8 Å². The number of hydrogen-bond donors (Lipinski definition) is 18. The van der Waals surface area contributed by atoms with Crippen molar-refractivity contribution in [1.29, 1.82) is 0 Å². The number of carbonyl (C=O) groups is 19. The molecule has 0 saturated heterocycles. The number of carbonyl (C=O) groups excluding carboxylic acids is 17. The van der Waals surface area contributed by atoms with E-state index in [9.17, 15) is 96.2 Å². The molecule has 0 fully saturated rings. The largest absolute Gasteiger partial charge is 0.481 e. The molecule has 0 aliphatic heterocycles. The summed E-state index contributed by atoms with van der Waals surface area (Å²) in [5, 5.41) is 46.1. The van der Waals surface area contributed by atoms with Crippen molar-refractivity contribution < 1.29 is 106 Å². The summed E-state index contributed by atoms with van der Waals surface area (Å²) in [5.41, 5.74) is 17.1. The second-order valence-electron chi connectivity index (χ2n) is 18.3. The van der Waals surface area contributed by atoms with Crippen LogP contribution in [0.1, 0.15) is 67.2 Å². The van der Waals surface area contributed by atoms with Crippen molar-refractivity contribution >= 4 is 114 Å². The number of esters is 1. The van der Waals surface area contributed by atoms with E-state index in [0.717, 1.165) is 41.7 Å². The maximum Gasteiger partial charge on any atom is 0.343 e. The van der Waals surface area contributed by atoms with E-state index in [2.05, 4.69) is 47.3 Å². The van der Waals surface area contributed by atoms with Crippen LogP contribution in [0, 0.1) is 0 Å². The summed E-state index contributed by atoms with van der Waals surface area (Å²) in [6.45, 7) is 5.81. The summed E-state index contributed by atoms with van der Waals surface area (Å²) in [7, 11) is 0.883. The molecule has 0 rings (SSSR count). The van der Waals surface area contributed by atoms with E-state index in [4.69, 9.17) is 22.3 Å². The zero-order chi connectivity index (χ0) is 64.7.